The van der Waals surface area contributed by atoms with Crippen LogP contribution in [0.25, 0.3) is 0 Å². The standard InChI is InChI=1S/C22H19BrN2O2/c1-16-7-10-19(13-21(16)23)22(26)25-24-14-17-8-11-20(12-9-17)27-15-18-5-3-2-4-6-18/h2-14H,15H2,1H3,(H,25,26). The first kappa shape index (κ1) is 18.9. The predicted molar refractivity (Wildman–Crippen MR) is 111 cm³/mol. The van der Waals surface area contributed by atoms with E-state index in [1.54, 1.807) is 18.3 Å². The second-order valence-electron chi connectivity index (χ2n) is 6.01. The topological polar surface area (TPSA) is 50.7 Å². The summed E-state index contributed by atoms with van der Waals surface area (Å²) in [6.45, 7) is 2.49. The fourth-order valence-electron chi connectivity index (χ4n) is 2.36. The van der Waals surface area contributed by atoms with Crippen LogP contribution in [-0.4, -0.2) is 12.1 Å². The molecule has 0 heterocycles. The summed E-state index contributed by atoms with van der Waals surface area (Å²) in [4.78, 5) is 12.1. The first-order chi connectivity index (χ1) is 13.1. The van der Waals surface area contributed by atoms with Gasteiger partial charge in [0.15, 0.2) is 0 Å². The molecule has 0 atom stereocenters. The summed E-state index contributed by atoms with van der Waals surface area (Å²) in [7, 11) is 0. The minimum atomic E-state index is -0.255. The predicted octanol–water partition coefficient (Wildman–Crippen LogP) is 5.10. The van der Waals surface area contributed by atoms with Crippen molar-refractivity contribution in [3.05, 3.63) is 99.5 Å². The molecule has 0 aromatic heterocycles. The van der Waals surface area contributed by atoms with Crippen LogP contribution in [0.5, 0.6) is 5.75 Å². The van der Waals surface area contributed by atoms with E-state index in [0.29, 0.717) is 12.2 Å². The van der Waals surface area contributed by atoms with Gasteiger partial charge in [-0.25, -0.2) is 5.43 Å². The molecule has 0 fully saturated rings. The van der Waals surface area contributed by atoms with Gasteiger partial charge in [0, 0.05) is 10.0 Å². The lowest BCUT2D eigenvalue weighted by molar-refractivity contribution is 0.0955. The number of carbonyl (C=O) groups is 1. The van der Waals surface area contributed by atoms with Crippen LogP contribution >= 0.6 is 15.9 Å². The van der Waals surface area contributed by atoms with Crippen LogP contribution in [0.2, 0.25) is 0 Å². The van der Waals surface area contributed by atoms with E-state index in [9.17, 15) is 4.79 Å². The highest BCUT2D eigenvalue weighted by atomic mass is 79.9. The van der Waals surface area contributed by atoms with Gasteiger partial charge in [-0.05, 0) is 60.0 Å². The van der Waals surface area contributed by atoms with Gasteiger partial charge in [0.05, 0.1) is 6.21 Å². The number of ether oxygens (including phenoxy) is 1. The second kappa shape index (κ2) is 9.14. The minimum absolute atomic E-state index is 0.255. The van der Waals surface area contributed by atoms with Gasteiger partial charge in [0.2, 0.25) is 0 Å². The monoisotopic (exact) mass is 422 g/mol. The first-order valence-electron chi connectivity index (χ1n) is 8.48. The number of hydrazone groups is 1. The van der Waals surface area contributed by atoms with Crippen LogP contribution in [0.1, 0.15) is 27.0 Å². The zero-order chi connectivity index (χ0) is 19.1. The molecule has 0 saturated carbocycles. The molecular formula is C22H19BrN2O2. The van der Waals surface area contributed by atoms with E-state index in [0.717, 1.165) is 26.9 Å². The van der Waals surface area contributed by atoms with Crippen LogP contribution < -0.4 is 10.2 Å². The Morgan fingerprint density at radius 3 is 2.52 bits per heavy atom. The maximum absolute atomic E-state index is 12.1. The van der Waals surface area contributed by atoms with Crippen LogP contribution in [-0.2, 0) is 6.61 Å². The van der Waals surface area contributed by atoms with Gasteiger partial charge in [-0.3, -0.25) is 4.79 Å². The SMILES string of the molecule is Cc1ccc(C(=O)NN=Cc2ccc(OCc3ccccc3)cc2)cc1Br. The smallest absolute Gasteiger partial charge is 0.271 e. The molecule has 0 aliphatic rings. The quantitative estimate of drug-likeness (QED) is 0.443. The average molecular weight is 423 g/mol. The van der Waals surface area contributed by atoms with Crippen molar-refractivity contribution < 1.29 is 9.53 Å². The molecule has 4 nitrogen and oxygen atoms in total. The maximum atomic E-state index is 12.1. The molecule has 3 aromatic rings. The fraction of sp³-hybridized carbons (Fsp3) is 0.0909. The minimum Gasteiger partial charge on any atom is -0.489 e. The van der Waals surface area contributed by atoms with Gasteiger partial charge in [-0.2, -0.15) is 5.10 Å². The van der Waals surface area contributed by atoms with E-state index < -0.39 is 0 Å². The molecule has 136 valence electrons. The van der Waals surface area contributed by atoms with Crippen molar-refractivity contribution in [2.24, 2.45) is 5.10 Å². The Bertz CT molecular complexity index is 938. The molecule has 1 amide bonds. The van der Waals surface area contributed by atoms with Gasteiger partial charge in [0.1, 0.15) is 12.4 Å². The highest BCUT2D eigenvalue weighted by molar-refractivity contribution is 9.10. The van der Waals surface area contributed by atoms with Crippen LogP contribution in [0, 0.1) is 6.92 Å². The molecule has 0 saturated heterocycles. The zero-order valence-corrected chi connectivity index (χ0v) is 16.4. The number of aryl methyl sites for hydroxylation is 1. The molecule has 0 unspecified atom stereocenters. The molecule has 0 aliphatic carbocycles. The van der Waals surface area contributed by atoms with Crippen molar-refractivity contribution in [1.82, 2.24) is 5.43 Å². The number of rotatable bonds is 6. The molecule has 1 N–H and O–H groups in total. The van der Waals surface area contributed by atoms with Crippen molar-refractivity contribution in [2.75, 3.05) is 0 Å². The fourth-order valence-corrected chi connectivity index (χ4v) is 2.73. The van der Waals surface area contributed by atoms with E-state index in [1.807, 2.05) is 67.6 Å². The molecule has 3 aromatic carbocycles. The summed E-state index contributed by atoms with van der Waals surface area (Å²) in [5.41, 5.74) is 6.14. The van der Waals surface area contributed by atoms with E-state index in [-0.39, 0.29) is 5.91 Å². The summed E-state index contributed by atoms with van der Waals surface area (Å²) in [5.74, 6) is 0.527. The van der Waals surface area contributed by atoms with Crippen molar-refractivity contribution >= 4 is 28.1 Å². The lowest BCUT2D eigenvalue weighted by atomic mass is 10.1. The van der Waals surface area contributed by atoms with Gasteiger partial charge in [0.25, 0.3) is 5.91 Å². The first-order valence-corrected chi connectivity index (χ1v) is 9.27. The van der Waals surface area contributed by atoms with Gasteiger partial charge in [-0.1, -0.05) is 52.3 Å². The lowest BCUT2D eigenvalue weighted by Gasteiger charge is -2.06. The van der Waals surface area contributed by atoms with E-state index in [1.165, 1.54) is 0 Å². The Morgan fingerprint density at radius 2 is 1.81 bits per heavy atom. The number of hydrogen-bond acceptors (Lipinski definition) is 3. The molecule has 0 aliphatic heterocycles. The number of carbonyl (C=O) groups excluding carboxylic acids is 1. The van der Waals surface area contributed by atoms with Crippen LogP contribution in [0.4, 0.5) is 0 Å². The van der Waals surface area contributed by atoms with Crippen molar-refractivity contribution in [2.45, 2.75) is 13.5 Å². The molecule has 0 spiro atoms. The third-order valence-electron chi connectivity index (χ3n) is 3.94. The van der Waals surface area contributed by atoms with Crippen LogP contribution in [0.3, 0.4) is 0 Å². The number of halogens is 1. The number of hydrogen-bond donors (Lipinski definition) is 1. The Labute approximate surface area is 167 Å². The molecule has 5 heteroatoms. The van der Waals surface area contributed by atoms with E-state index in [4.69, 9.17) is 4.74 Å². The van der Waals surface area contributed by atoms with E-state index in [2.05, 4.69) is 26.5 Å². The third-order valence-corrected chi connectivity index (χ3v) is 4.80. The number of nitrogens with one attached hydrogen (secondary N) is 1. The highest BCUT2D eigenvalue weighted by Gasteiger charge is 2.05. The Morgan fingerprint density at radius 1 is 1.07 bits per heavy atom. The maximum Gasteiger partial charge on any atom is 0.271 e. The zero-order valence-electron chi connectivity index (χ0n) is 14.9. The summed E-state index contributed by atoms with van der Waals surface area (Å²) in [6.07, 6.45) is 1.60. The van der Waals surface area contributed by atoms with Crippen LogP contribution in [0.15, 0.2) is 82.4 Å². The van der Waals surface area contributed by atoms with Gasteiger partial charge < -0.3 is 4.74 Å². The number of amides is 1. The third kappa shape index (κ3) is 5.53. The Kier molecular flexibility index (Phi) is 6.39. The lowest BCUT2D eigenvalue weighted by Crippen LogP contribution is -2.17. The summed E-state index contributed by atoms with van der Waals surface area (Å²) in [5, 5.41) is 4.01. The second-order valence-corrected chi connectivity index (χ2v) is 6.86. The Balaban J connectivity index is 1.53. The van der Waals surface area contributed by atoms with Gasteiger partial charge in [-0.15, -0.1) is 0 Å². The average Bonchev–Trinajstić information content (AvgIpc) is 2.70. The molecule has 0 bridgehead atoms. The number of nitrogens with zero attached hydrogens (tertiary/aromatic N) is 1. The van der Waals surface area contributed by atoms with Crippen molar-refractivity contribution in [3.63, 3.8) is 0 Å². The van der Waals surface area contributed by atoms with Gasteiger partial charge >= 0.3 is 0 Å². The molecule has 27 heavy (non-hydrogen) atoms. The normalized spacial score (nSPS) is 10.7. The highest BCUT2D eigenvalue weighted by Crippen LogP contribution is 2.17. The van der Waals surface area contributed by atoms with Crippen molar-refractivity contribution in [3.8, 4) is 5.75 Å². The van der Waals surface area contributed by atoms with E-state index >= 15 is 0 Å². The Hall–Kier alpha value is -2.92. The van der Waals surface area contributed by atoms with Crippen molar-refractivity contribution in [1.29, 1.82) is 0 Å². The molecule has 3 rings (SSSR count). The summed E-state index contributed by atoms with van der Waals surface area (Å²) < 4.78 is 6.64. The molecular weight excluding hydrogens is 404 g/mol. The largest absolute Gasteiger partial charge is 0.489 e. The number of benzene rings is 3. The summed E-state index contributed by atoms with van der Waals surface area (Å²) in [6, 6.07) is 23.0. The summed E-state index contributed by atoms with van der Waals surface area (Å²) >= 11 is 3.42. The molecule has 0 radical (unpaired) electrons.